The second kappa shape index (κ2) is 8.95. The zero-order valence-corrected chi connectivity index (χ0v) is 19.6. The van der Waals surface area contributed by atoms with E-state index in [0.29, 0.717) is 18.4 Å². The first-order valence-corrected chi connectivity index (χ1v) is 11.5. The van der Waals surface area contributed by atoms with Gasteiger partial charge in [0.2, 0.25) is 0 Å². The summed E-state index contributed by atoms with van der Waals surface area (Å²) in [6.45, 7) is 0. The number of phenols is 1. The summed E-state index contributed by atoms with van der Waals surface area (Å²) in [6.07, 6.45) is 1.05. The van der Waals surface area contributed by atoms with E-state index in [1.54, 1.807) is 19.2 Å². The number of carbonyl (C=O) groups excluding carboxylic acids is 1. The van der Waals surface area contributed by atoms with Crippen LogP contribution in [0.2, 0.25) is 5.02 Å². The number of para-hydroxylation sites is 2. The van der Waals surface area contributed by atoms with Crippen LogP contribution in [0.5, 0.6) is 17.2 Å². The minimum Gasteiger partial charge on any atom is -0.503 e. The van der Waals surface area contributed by atoms with Crippen molar-refractivity contribution in [2.45, 2.75) is 24.8 Å². The molecule has 3 aromatic rings. The molecule has 3 aromatic carbocycles. The van der Waals surface area contributed by atoms with Crippen molar-refractivity contribution in [1.29, 1.82) is 0 Å². The summed E-state index contributed by atoms with van der Waals surface area (Å²) in [6, 6.07) is 18.7. The van der Waals surface area contributed by atoms with Crippen LogP contribution in [0.1, 0.15) is 35.9 Å². The van der Waals surface area contributed by atoms with Crippen LogP contribution in [0.15, 0.2) is 71.9 Å². The van der Waals surface area contributed by atoms with Crippen molar-refractivity contribution in [2.75, 3.05) is 24.9 Å². The van der Waals surface area contributed by atoms with Gasteiger partial charge >= 0.3 is 0 Å². The number of fused-ring (bicyclic) bond motifs is 1. The summed E-state index contributed by atoms with van der Waals surface area (Å²) < 4.78 is 10.7. The summed E-state index contributed by atoms with van der Waals surface area (Å²) in [4.78, 5) is 13.7. The molecule has 0 bridgehead atoms. The highest BCUT2D eigenvalue weighted by atomic mass is 35.5. The Morgan fingerprint density at radius 3 is 2.50 bits per heavy atom. The molecular weight excluding hydrogens is 452 g/mol. The fraction of sp³-hybridized carbons (Fsp3) is 0.222. The molecule has 0 aromatic heterocycles. The first-order valence-electron chi connectivity index (χ1n) is 11.1. The number of hydrogen-bond acceptors (Lipinski definition) is 6. The normalized spacial score (nSPS) is 19.3. The number of allylic oxidation sites excluding steroid dienone is 1. The lowest BCUT2D eigenvalue weighted by molar-refractivity contribution is -0.116. The predicted molar refractivity (Wildman–Crippen MR) is 133 cm³/mol. The first kappa shape index (κ1) is 22.2. The minimum absolute atomic E-state index is 0.0257. The molecule has 5 rings (SSSR count). The number of aromatic hydroxyl groups is 1. The number of anilines is 2. The van der Waals surface area contributed by atoms with E-state index < -0.39 is 6.04 Å². The highest BCUT2D eigenvalue weighted by Crippen LogP contribution is 2.46. The number of hydrogen-bond donors (Lipinski definition) is 3. The van der Waals surface area contributed by atoms with Crippen molar-refractivity contribution >= 4 is 28.8 Å². The number of carbonyl (C=O) groups is 1. The van der Waals surface area contributed by atoms with E-state index in [1.165, 1.54) is 7.11 Å². The van der Waals surface area contributed by atoms with Gasteiger partial charge in [0.25, 0.3) is 0 Å². The second-order valence-electron chi connectivity index (χ2n) is 8.50. The number of ether oxygens (including phenoxy) is 2. The molecule has 2 aliphatic rings. The molecule has 34 heavy (non-hydrogen) atoms. The van der Waals surface area contributed by atoms with Gasteiger partial charge in [0.1, 0.15) is 5.75 Å². The Balaban J connectivity index is 1.63. The van der Waals surface area contributed by atoms with Gasteiger partial charge in [-0.1, -0.05) is 35.9 Å². The molecule has 1 aliphatic carbocycles. The average molecular weight is 477 g/mol. The average Bonchev–Trinajstić information content (AvgIpc) is 3.02. The molecule has 0 fully saturated rings. The van der Waals surface area contributed by atoms with Gasteiger partial charge in [-0.2, -0.15) is 0 Å². The van der Waals surface area contributed by atoms with Gasteiger partial charge < -0.3 is 25.2 Å². The number of Topliss-reactive ketones (excluding diaryl/α,β-unsaturated/α-hetero) is 1. The number of phenolic OH excluding ortho intramolecular Hbond substituents is 1. The molecule has 2 atom stereocenters. The van der Waals surface area contributed by atoms with Crippen LogP contribution in [-0.4, -0.2) is 25.1 Å². The molecule has 7 heteroatoms. The fourth-order valence-electron chi connectivity index (χ4n) is 4.79. The van der Waals surface area contributed by atoms with Crippen LogP contribution in [0.4, 0.5) is 11.4 Å². The zero-order valence-electron chi connectivity index (χ0n) is 18.9. The molecule has 0 saturated heterocycles. The summed E-state index contributed by atoms with van der Waals surface area (Å²) >= 11 is 6.32. The summed E-state index contributed by atoms with van der Waals surface area (Å²) in [5.74, 6) is 0.985. The van der Waals surface area contributed by atoms with Crippen LogP contribution in [0, 0.1) is 0 Å². The Bertz CT molecular complexity index is 1300. The smallest absolute Gasteiger partial charge is 0.176 e. The van der Waals surface area contributed by atoms with Crippen LogP contribution in [-0.2, 0) is 4.79 Å². The maximum atomic E-state index is 13.7. The SMILES string of the molecule is COc1cccc(C2CC(=O)C3=C(C2)Nc2ccccc2NC3c2cc(Cl)c(O)c(OC)c2)c1. The van der Waals surface area contributed by atoms with Gasteiger partial charge in [-0.15, -0.1) is 0 Å². The van der Waals surface area contributed by atoms with Crippen molar-refractivity contribution in [1.82, 2.24) is 0 Å². The van der Waals surface area contributed by atoms with Crippen LogP contribution >= 0.6 is 11.6 Å². The van der Waals surface area contributed by atoms with Crippen molar-refractivity contribution in [3.8, 4) is 17.2 Å². The van der Waals surface area contributed by atoms with Gasteiger partial charge in [-0.3, -0.25) is 4.79 Å². The third-order valence-corrected chi connectivity index (χ3v) is 6.77. The van der Waals surface area contributed by atoms with E-state index in [0.717, 1.165) is 33.9 Å². The van der Waals surface area contributed by atoms with E-state index >= 15 is 0 Å². The number of rotatable bonds is 4. The lowest BCUT2D eigenvalue weighted by Gasteiger charge is -2.30. The molecular formula is C27H25ClN2O4. The zero-order chi connectivity index (χ0) is 23.8. The number of benzene rings is 3. The summed E-state index contributed by atoms with van der Waals surface area (Å²) in [7, 11) is 3.12. The van der Waals surface area contributed by atoms with Crippen molar-refractivity contribution in [2.24, 2.45) is 0 Å². The Hall–Kier alpha value is -3.64. The van der Waals surface area contributed by atoms with Gasteiger partial charge in [-0.05, 0) is 59.9 Å². The second-order valence-corrected chi connectivity index (χ2v) is 8.91. The molecule has 0 saturated carbocycles. The number of methoxy groups -OCH3 is 2. The Kier molecular flexibility index (Phi) is 5.84. The van der Waals surface area contributed by atoms with Crippen molar-refractivity contribution in [3.63, 3.8) is 0 Å². The lowest BCUT2D eigenvalue weighted by atomic mass is 9.78. The van der Waals surface area contributed by atoms with Crippen LogP contribution in [0.3, 0.4) is 0 Å². The van der Waals surface area contributed by atoms with Crippen molar-refractivity contribution in [3.05, 3.63) is 88.1 Å². The third kappa shape index (κ3) is 3.94. The molecule has 1 aliphatic heterocycles. The standard InChI is InChI=1S/C27H25ClN2O4/c1-33-18-7-5-6-15(10-18)16-12-22-25(23(31)13-16)26(30-21-9-4-3-8-20(21)29-22)17-11-19(28)27(32)24(14-17)34-2/h3-11,14,16,26,29-30,32H,12-13H2,1-2H3. The quantitative estimate of drug-likeness (QED) is 0.426. The van der Waals surface area contributed by atoms with Gasteiger partial charge in [0.05, 0.1) is 36.7 Å². The fourth-order valence-corrected chi connectivity index (χ4v) is 5.01. The molecule has 2 unspecified atom stereocenters. The van der Waals surface area contributed by atoms with E-state index in [4.69, 9.17) is 21.1 Å². The Labute approximate surface area is 203 Å². The van der Waals surface area contributed by atoms with Gasteiger partial charge in [-0.25, -0.2) is 0 Å². The van der Waals surface area contributed by atoms with Gasteiger partial charge in [0, 0.05) is 17.7 Å². The first-order chi connectivity index (χ1) is 16.5. The summed E-state index contributed by atoms with van der Waals surface area (Å²) in [5, 5.41) is 17.5. The van der Waals surface area contributed by atoms with E-state index in [2.05, 4.69) is 10.6 Å². The lowest BCUT2D eigenvalue weighted by Crippen LogP contribution is -2.27. The molecule has 0 amide bonds. The molecule has 174 valence electrons. The molecule has 0 radical (unpaired) electrons. The monoisotopic (exact) mass is 476 g/mol. The number of ketones is 1. The Morgan fingerprint density at radius 1 is 0.941 bits per heavy atom. The maximum absolute atomic E-state index is 13.7. The molecule has 6 nitrogen and oxygen atoms in total. The van der Waals surface area contributed by atoms with Crippen LogP contribution < -0.4 is 20.1 Å². The summed E-state index contributed by atoms with van der Waals surface area (Å²) in [5.41, 5.74) is 5.11. The topological polar surface area (TPSA) is 79.8 Å². The largest absolute Gasteiger partial charge is 0.503 e. The predicted octanol–water partition coefficient (Wildman–Crippen LogP) is 6.04. The minimum atomic E-state index is -0.461. The highest BCUT2D eigenvalue weighted by Gasteiger charge is 2.36. The van der Waals surface area contributed by atoms with E-state index in [9.17, 15) is 9.90 Å². The molecule has 1 heterocycles. The number of halogens is 1. The van der Waals surface area contributed by atoms with E-state index in [-0.39, 0.29) is 28.2 Å². The maximum Gasteiger partial charge on any atom is 0.176 e. The van der Waals surface area contributed by atoms with Crippen molar-refractivity contribution < 1.29 is 19.4 Å². The highest BCUT2D eigenvalue weighted by molar-refractivity contribution is 6.32. The molecule has 3 N–H and O–H groups in total. The molecule has 0 spiro atoms. The number of nitrogens with one attached hydrogen (secondary N) is 2. The van der Waals surface area contributed by atoms with E-state index in [1.807, 2.05) is 48.5 Å². The van der Waals surface area contributed by atoms with Crippen LogP contribution in [0.25, 0.3) is 0 Å². The Morgan fingerprint density at radius 2 is 1.74 bits per heavy atom. The van der Waals surface area contributed by atoms with Gasteiger partial charge in [0.15, 0.2) is 17.3 Å². The third-order valence-electron chi connectivity index (χ3n) is 6.48.